The van der Waals surface area contributed by atoms with Crippen molar-refractivity contribution in [3.05, 3.63) is 83.7 Å². The highest BCUT2D eigenvalue weighted by atomic mass is 19.1. The Kier molecular flexibility index (Phi) is 13.1. The first-order valence-corrected chi connectivity index (χ1v) is 19.0. The Bertz CT molecular complexity index is 1610. The van der Waals surface area contributed by atoms with Crippen LogP contribution in [0.3, 0.4) is 0 Å². The number of halogens is 1. The number of fused-ring (bicyclic) bond motifs is 2. The van der Waals surface area contributed by atoms with E-state index in [1.54, 1.807) is 41.3 Å². The zero-order valence-corrected chi connectivity index (χ0v) is 30.5. The van der Waals surface area contributed by atoms with E-state index in [4.69, 9.17) is 28.9 Å². The molecular formula is C41H53FN2O9. The number of oxime groups is 1. The van der Waals surface area contributed by atoms with Crippen LogP contribution in [0.4, 0.5) is 9.18 Å². The van der Waals surface area contributed by atoms with Gasteiger partial charge in [-0.25, -0.2) is 9.18 Å². The summed E-state index contributed by atoms with van der Waals surface area (Å²) in [6, 6.07) is 10.2. The van der Waals surface area contributed by atoms with Crippen molar-refractivity contribution >= 4 is 11.8 Å². The molecule has 0 bridgehead atoms. The van der Waals surface area contributed by atoms with Crippen molar-refractivity contribution in [3.8, 4) is 11.5 Å². The summed E-state index contributed by atoms with van der Waals surface area (Å²) < 4.78 is 39.3. The number of methoxy groups -OCH3 is 1. The quantitative estimate of drug-likeness (QED) is 0.0949. The van der Waals surface area contributed by atoms with Crippen LogP contribution in [0.2, 0.25) is 0 Å². The Labute approximate surface area is 311 Å². The number of hydrogen-bond acceptors (Lipinski definition) is 10. The highest BCUT2D eigenvalue weighted by Gasteiger charge is 2.65. The molecule has 3 N–H and O–H groups in total. The van der Waals surface area contributed by atoms with E-state index in [1.165, 1.54) is 19.2 Å². The first-order valence-electron chi connectivity index (χ1n) is 19.0. The van der Waals surface area contributed by atoms with Crippen LogP contribution in [0, 0.1) is 23.6 Å². The number of phenolic OH excluding ortho intramolecular Hbond substituents is 1. The lowest BCUT2D eigenvalue weighted by molar-refractivity contribution is -0.256. The molecule has 288 valence electrons. The number of aliphatic hydroxyl groups excluding tert-OH is 2. The second kappa shape index (κ2) is 17.9. The molecule has 4 aliphatic rings. The molecular weight excluding hydrogens is 683 g/mol. The summed E-state index contributed by atoms with van der Waals surface area (Å²) in [6.07, 6.45) is 9.96. The summed E-state index contributed by atoms with van der Waals surface area (Å²) in [4.78, 5) is 21.7. The van der Waals surface area contributed by atoms with Crippen molar-refractivity contribution in [2.24, 2.45) is 22.9 Å². The summed E-state index contributed by atoms with van der Waals surface area (Å²) in [5, 5.41) is 35.2. The van der Waals surface area contributed by atoms with E-state index in [0.717, 1.165) is 49.7 Å². The normalized spacial score (nSPS) is 28.2. The second-order valence-corrected chi connectivity index (χ2v) is 14.4. The lowest BCUT2D eigenvalue weighted by Crippen LogP contribution is -2.70. The fraction of sp³-hybridized carbons (Fsp3) is 0.561. The molecule has 6 rings (SSSR count). The number of carbonyl (C=O) groups excluding carboxylic acids is 1. The number of aliphatic hydroxyl groups is 2. The molecule has 2 aromatic rings. The summed E-state index contributed by atoms with van der Waals surface area (Å²) in [5.74, 6) is -2.03. The van der Waals surface area contributed by atoms with E-state index in [2.05, 4.69) is 12.7 Å². The molecule has 0 spiro atoms. The minimum Gasteiger partial charge on any atom is -0.508 e. The highest BCUT2D eigenvalue weighted by molar-refractivity contribution is 6.03. The number of benzene rings is 2. The van der Waals surface area contributed by atoms with E-state index < -0.39 is 35.9 Å². The Morgan fingerprint density at radius 3 is 2.57 bits per heavy atom. The van der Waals surface area contributed by atoms with Crippen LogP contribution >= 0.6 is 0 Å². The van der Waals surface area contributed by atoms with Gasteiger partial charge in [0.25, 0.3) is 0 Å². The summed E-state index contributed by atoms with van der Waals surface area (Å²) in [7, 11) is 1.32. The van der Waals surface area contributed by atoms with Crippen LogP contribution in [0.25, 0.3) is 0 Å². The van der Waals surface area contributed by atoms with Gasteiger partial charge in [0, 0.05) is 44.1 Å². The fourth-order valence-electron chi connectivity index (χ4n) is 8.78. The van der Waals surface area contributed by atoms with E-state index in [1.807, 2.05) is 0 Å². The van der Waals surface area contributed by atoms with Gasteiger partial charge in [0.15, 0.2) is 0 Å². The maximum absolute atomic E-state index is 14.0. The van der Waals surface area contributed by atoms with Gasteiger partial charge < -0.3 is 39.1 Å². The number of amides is 1. The monoisotopic (exact) mass is 736 g/mol. The van der Waals surface area contributed by atoms with Crippen molar-refractivity contribution in [2.45, 2.75) is 94.8 Å². The van der Waals surface area contributed by atoms with Crippen molar-refractivity contribution in [1.82, 2.24) is 4.90 Å². The van der Waals surface area contributed by atoms with Gasteiger partial charge in [-0.15, -0.1) is 6.58 Å². The maximum atomic E-state index is 14.0. The number of carbonyl (C=O) groups is 1. The van der Waals surface area contributed by atoms with Gasteiger partial charge in [0.05, 0.1) is 32.0 Å². The Morgan fingerprint density at radius 1 is 1.09 bits per heavy atom. The molecule has 1 saturated heterocycles. The topological polar surface area (TPSA) is 140 Å². The van der Waals surface area contributed by atoms with Crippen molar-refractivity contribution in [3.63, 3.8) is 0 Å². The number of aromatic hydroxyl groups is 1. The van der Waals surface area contributed by atoms with Gasteiger partial charge in [-0.05, 0) is 91.8 Å². The largest absolute Gasteiger partial charge is 0.508 e. The molecule has 2 aliphatic carbocycles. The molecule has 11 nitrogen and oxygen atoms in total. The summed E-state index contributed by atoms with van der Waals surface area (Å²) >= 11 is 0. The zero-order chi connectivity index (χ0) is 37.4. The molecule has 0 radical (unpaired) electrons. The standard InChI is InChI=1S/C41H53FN2O9/c1-3-21-51-41-36(44(40(48)49-2)26-27-13-15-29(42)16-14-27)25-34(43-53-37-12-6-9-22-50-37)32-23-28(10-4-7-19-45)31(11-5-8-20-46)38(39(32)41)33-24-30(47)17-18-35(33)52-41/h3,13-18,23-24,28,31,36-39,45-47H,1,4-12,19-22,25-26H2,2H3. The number of phenols is 1. The minimum absolute atomic E-state index is 0.0106. The van der Waals surface area contributed by atoms with Gasteiger partial charge in [-0.3, -0.25) is 4.90 Å². The van der Waals surface area contributed by atoms with E-state index in [9.17, 15) is 24.5 Å². The highest BCUT2D eigenvalue weighted by Crippen LogP contribution is 2.62. The lowest BCUT2D eigenvalue weighted by Gasteiger charge is -2.59. The number of ether oxygens (including phenoxy) is 4. The summed E-state index contributed by atoms with van der Waals surface area (Å²) in [5.41, 5.74) is 2.99. The molecule has 2 aliphatic heterocycles. The fourth-order valence-corrected chi connectivity index (χ4v) is 8.78. The molecule has 2 aromatic carbocycles. The third kappa shape index (κ3) is 8.41. The molecule has 2 fully saturated rings. The number of nitrogens with zero attached hydrogens (tertiary/aromatic N) is 2. The molecule has 0 aromatic heterocycles. The van der Waals surface area contributed by atoms with E-state index in [-0.39, 0.29) is 56.3 Å². The Hall–Kier alpha value is -3.97. The molecule has 1 saturated carbocycles. The van der Waals surface area contributed by atoms with Crippen LogP contribution in [-0.4, -0.2) is 83.7 Å². The van der Waals surface area contributed by atoms with E-state index >= 15 is 0 Å². The minimum atomic E-state index is -1.49. The molecule has 1 amide bonds. The van der Waals surface area contributed by atoms with Gasteiger partial charge in [-0.1, -0.05) is 42.3 Å². The average Bonchev–Trinajstić information content (AvgIpc) is 3.17. The summed E-state index contributed by atoms with van der Waals surface area (Å²) in [6.45, 7) is 4.84. The average molecular weight is 737 g/mol. The van der Waals surface area contributed by atoms with Gasteiger partial charge in [0.2, 0.25) is 12.1 Å². The third-order valence-electron chi connectivity index (χ3n) is 11.1. The van der Waals surface area contributed by atoms with Gasteiger partial charge >= 0.3 is 6.09 Å². The van der Waals surface area contributed by atoms with Crippen LogP contribution < -0.4 is 4.74 Å². The zero-order valence-electron chi connectivity index (χ0n) is 30.5. The van der Waals surface area contributed by atoms with Crippen molar-refractivity contribution in [1.29, 1.82) is 0 Å². The number of allylic oxidation sites excluding steroid dienone is 1. The predicted octanol–water partition coefficient (Wildman–Crippen LogP) is 6.96. The Morgan fingerprint density at radius 2 is 1.87 bits per heavy atom. The number of rotatable bonds is 16. The molecule has 7 unspecified atom stereocenters. The predicted molar refractivity (Wildman–Crippen MR) is 196 cm³/mol. The molecule has 53 heavy (non-hydrogen) atoms. The van der Waals surface area contributed by atoms with Crippen LogP contribution in [-0.2, 0) is 25.6 Å². The SMILES string of the molecule is C=CCOC12Oc3ccc(O)cc3C3C(CCCCO)C(CCCCO)C=C(C(=NOC4CCCCO4)CC1N(Cc1ccc(F)cc1)C(=O)OC)C32. The van der Waals surface area contributed by atoms with Gasteiger partial charge in [0.1, 0.15) is 23.4 Å². The third-order valence-corrected chi connectivity index (χ3v) is 11.1. The number of hydrogen-bond donors (Lipinski definition) is 3. The van der Waals surface area contributed by atoms with Crippen LogP contribution in [0.5, 0.6) is 11.5 Å². The molecule has 7 atom stereocenters. The number of unbranched alkanes of at least 4 members (excludes halogenated alkanes) is 2. The van der Waals surface area contributed by atoms with Crippen LogP contribution in [0.15, 0.2) is 71.9 Å². The lowest BCUT2D eigenvalue weighted by atomic mass is 9.55. The first-order chi connectivity index (χ1) is 25.8. The second-order valence-electron chi connectivity index (χ2n) is 14.4. The van der Waals surface area contributed by atoms with Crippen molar-refractivity contribution in [2.75, 3.05) is 33.5 Å². The van der Waals surface area contributed by atoms with E-state index in [0.29, 0.717) is 42.9 Å². The first kappa shape index (κ1) is 38.7. The smallest absolute Gasteiger partial charge is 0.410 e. The maximum Gasteiger partial charge on any atom is 0.410 e. The van der Waals surface area contributed by atoms with Gasteiger partial charge in [-0.2, -0.15) is 0 Å². The van der Waals surface area contributed by atoms with Crippen molar-refractivity contribution < 1.29 is 48.3 Å². The van der Waals surface area contributed by atoms with Crippen LogP contribution in [0.1, 0.15) is 81.3 Å². The molecule has 12 heteroatoms. The Balaban J connectivity index is 1.58. The molecule has 2 heterocycles.